The van der Waals surface area contributed by atoms with E-state index < -0.39 is 0 Å². The van der Waals surface area contributed by atoms with Gasteiger partial charge < -0.3 is 10.1 Å². The van der Waals surface area contributed by atoms with Gasteiger partial charge in [0.15, 0.2) is 0 Å². The SMILES string of the molecule is Cc1ccc(SCCNC(C)C2CCCO2)c(C)c1. The molecule has 1 aliphatic rings. The van der Waals surface area contributed by atoms with Gasteiger partial charge in [0, 0.05) is 29.8 Å². The molecule has 2 atom stereocenters. The molecular weight excluding hydrogens is 254 g/mol. The maximum Gasteiger partial charge on any atom is 0.0726 e. The quantitative estimate of drug-likeness (QED) is 0.635. The first kappa shape index (κ1) is 14.9. The topological polar surface area (TPSA) is 21.3 Å². The molecule has 1 aromatic carbocycles. The predicted molar refractivity (Wildman–Crippen MR) is 83.1 cm³/mol. The van der Waals surface area contributed by atoms with Gasteiger partial charge in [0.25, 0.3) is 0 Å². The second kappa shape index (κ2) is 7.32. The molecule has 1 heterocycles. The van der Waals surface area contributed by atoms with Crippen LogP contribution >= 0.6 is 11.8 Å². The summed E-state index contributed by atoms with van der Waals surface area (Å²) in [5, 5.41) is 3.58. The average molecular weight is 279 g/mol. The van der Waals surface area contributed by atoms with Crippen molar-refractivity contribution in [3.05, 3.63) is 29.3 Å². The van der Waals surface area contributed by atoms with Crippen LogP contribution in [0.4, 0.5) is 0 Å². The second-order valence-electron chi connectivity index (χ2n) is 5.41. The maximum absolute atomic E-state index is 5.69. The van der Waals surface area contributed by atoms with Gasteiger partial charge in [-0.3, -0.25) is 0 Å². The number of benzene rings is 1. The van der Waals surface area contributed by atoms with Gasteiger partial charge in [-0.25, -0.2) is 0 Å². The zero-order chi connectivity index (χ0) is 13.7. The number of rotatable bonds is 6. The number of hydrogen-bond acceptors (Lipinski definition) is 3. The van der Waals surface area contributed by atoms with E-state index in [1.165, 1.54) is 28.9 Å². The first-order chi connectivity index (χ1) is 9.16. The number of ether oxygens (including phenoxy) is 1. The highest BCUT2D eigenvalue weighted by Gasteiger charge is 2.21. The van der Waals surface area contributed by atoms with Gasteiger partial charge in [-0.15, -0.1) is 11.8 Å². The lowest BCUT2D eigenvalue weighted by atomic mass is 10.1. The lowest BCUT2D eigenvalue weighted by Crippen LogP contribution is -2.38. The molecule has 0 aliphatic carbocycles. The van der Waals surface area contributed by atoms with Crippen LogP contribution in [0.5, 0.6) is 0 Å². The van der Waals surface area contributed by atoms with Crippen LogP contribution in [0.2, 0.25) is 0 Å². The number of nitrogens with one attached hydrogen (secondary N) is 1. The van der Waals surface area contributed by atoms with Crippen molar-refractivity contribution < 1.29 is 4.74 Å². The Bertz CT molecular complexity index is 402. The summed E-state index contributed by atoms with van der Waals surface area (Å²) >= 11 is 1.94. The van der Waals surface area contributed by atoms with Crippen LogP contribution in [-0.4, -0.2) is 31.1 Å². The molecule has 0 amide bonds. The minimum absolute atomic E-state index is 0.422. The van der Waals surface area contributed by atoms with E-state index in [1.54, 1.807) is 0 Å². The molecule has 2 unspecified atom stereocenters. The molecule has 0 spiro atoms. The van der Waals surface area contributed by atoms with E-state index in [2.05, 4.69) is 44.3 Å². The van der Waals surface area contributed by atoms with Gasteiger partial charge in [0.2, 0.25) is 0 Å². The Morgan fingerprint density at radius 3 is 2.95 bits per heavy atom. The Hall–Kier alpha value is -0.510. The Kier molecular flexibility index (Phi) is 5.74. The summed E-state index contributed by atoms with van der Waals surface area (Å²) in [5.74, 6) is 1.11. The van der Waals surface area contributed by atoms with Gasteiger partial charge in [-0.1, -0.05) is 17.7 Å². The van der Waals surface area contributed by atoms with E-state index in [9.17, 15) is 0 Å². The summed E-state index contributed by atoms with van der Waals surface area (Å²) in [6, 6.07) is 7.16. The lowest BCUT2D eigenvalue weighted by molar-refractivity contribution is 0.0844. The molecule has 0 bridgehead atoms. The van der Waals surface area contributed by atoms with Gasteiger partial charge in [0.1, 0.15) is 0 Å². The number of thioether (sulfide) groups is 1. The Morgan fingerprint density at radius 2 is 2.26 bits per heavy atom. The summed E-state index contributed by atoms with van der Waals surface area (Å²) < 4.78 is 5.69. The Labute approximate surface area is 121 Å². The summed E-state index contributed by atoms with van der Waals surface area (Å²) in [7, 11) is 0. The van der Waals surface area contributed by atoms with Crippen LogP contribution in [0.3, 0.4) is 0 Å². The van der Waals surface area contributed by atoms with Crippen molar-refractivity contribution in [1.82, 2.24) is 5.32 Å². The first-order valence-corrected chi connectivity index (χ1v) is 8.20. The molecule has 1 fully saturated rings. The van der Waals surface area contributed by atoms with Crippen LogP contribution in [0.1, 0.15) is 30.9 Å². The Balaban J connectivity index is 1.68. The first-order valence-electron chi connectivity index (χ1n) is 7.22. The van der Waals surface area contributed by atoms with E-state index in [-0.39, 0.29) is 0 Å². The fourth-order valence-corrected chi connectivity index (χ4v) is 3.43. The van der Waals surface area contributed by atoms with E-state index >= 15 is 0 Å². The van der Waals surface area contributed by atoms with E-state index in [0.717, 1.165) is 18.9 Å². The van der Waals surface area contributed by atoms with Gasteiger partial charge >= 0.3 is 0 Å². The molecule has 1 aliphatic heterocycles. The molecule has 19 heavy (non-hydrogen) atoms. The zero-order valence-electron chi connectivity index (χ0n) is 12.2. The van der Waals surface area contributed by atoms with Crippen molar-refractivity contribution in [2.75, 3.05) is 18.9 Å². The molecule has 0 aromatic heterocycles. The minimum atomic E-state index is 0.422. The summed E-state index contributed by atoms with van der Waals surface area (Å²) in [6.45, 7) is 8.55. The van der Waals surface area contributed by atoms with Crippen LogP contribution in [-0.2, 0) is 4.74 Å². The molecule has 1 N–H and O–H groups in total. The van der Waals surface area contributed by atoms with Crippen molar-refractivity contribution in [2.24, 2.45) is 0 Å². The summed E-state index contributed by atoms with van der Waals surface area (Å²) in [5.41, 5.74) is 2.73. The summed E-state index contributed by atoms with van der Waals surface area (Å²) in [4.78, 5) is 1.40. The van der Waals surface area contributed by atoms with Gasteiger partial charge in [-0.05, 0) is 45.2 Å². The maximum atomic E-state index is 5.69. The van der Waals surface area contributed by atoms with E-state index in [4.69, 9.17) is 4.74 Å². The molecule has 2 rings (SSSR count). The van der Waals surface area contributed by atoms with Crippen LogP contribution in [0.25, 0.3) is 0 Å². The van der Waals surface area contributed by atoms with Crippen LogP contribution < -0.4 is 5.32 Å². The average Bonchev–Trinajstić information content (AvgIpc) is 2.90. The fourth-order valence-electron chi connectivity index (χ4n) is 2.54. The molecule has 2 nitrogen and oxygen atoms in total. The van der Waals surface area contributed by atoms with Crippen molar-refractivity contribution in [3.63, 3.8) is 0 Å². The highest BCUT2D eigenvalue weighted by Crippen LogP contribution is 2.22. The van der Waals surface area contributed by atoms with Crippen molar-refractivity contribution in [2.45, 2.75) is 50.7 Å². The zero-order valence-corrected chi connectivity index (χ0v) is 13.1. The molecule has 1 saturated heterocycles. The monoisotopic (exact) mass is 279 g/mol. The smallest absolute Gasteiger partial charge is 0.0726 e. The minimum Gasteiger partial charge on any atom is -0.377 e. The lowest BCUT2D eigenvalue weighted by Gasteiger charge is -2.20. The van der Waals surface area contributed by atoms with Gasteiger partial charge in [-0.2, -0.15) is 0 Å². The number of aryl methyl sites for hydroxylation is 2. The third-order valence-corrected chi connectivity index (χ3v) is 4.86. The predicted octanol–water partition coefficient (Wildman–Crippen LogP) is 3.55. The molecule has 106 valence electrons. The molecule has 0 saturated carbocycles. The molecule has 1 aromatic rings. The van der Waals surface area contributed by atoms with Crippen LogP contribution in [0, 0.1) is 13.8 Å². The van der Waals surface area contributed by atoms with Crippen LogP contribution in [0.15, 0.2) is 23.1 Å². The largest absolute Gasteiger partial charge is 0.377 e. The molecule has 0 radical (unpaired) electrons. The summed E-state index contributed by atoms with van der Waals surface area (Å²) in [6.07, 6.45) is 2.85. The van der Waals surface area contributed by atoms with Gasteiger partial charge in [0.05, 0.1) is 6.10 Å². The molecular formula is C16H25NOS. The standard InChI is InChI=1S/C16H25NOS/c1-12-6-7-16(13(2)11-12)19-10-8-17-14(3)15-5-4-9-18-15/h6-7,11,14-15,17H,4-5,8-10H2,1-3H3. The van der Waals surface area contributed by atoms with Crippen molar-refractivity contribution in [1.29, 1.82) is 0 Å². The number of hydrogen-bond donors (Lipinski definition) is 1. The van der Waals surface area contributed by atoms with E-state index in [1.807, 2.05) is 11.8 Å². The highest BCUT2D eigenvalue weighted by molar-refractivity contribution is 7.99. The molecule has 3 heteroatoms. The van der Waals surface area contributed by atoms with E-state index in [0.29, 0.717) is 12.1 Å². The van der Waals surface area contributed by atoms with Crippen molar-refractivity contribution in [3.8, 4) is 0 Å². The third-order valence-electron chi connectivity index (χ3n) is 3.68. The normalized spacial score (nSPS) is 20.7. The van der Waals surface area contributed by atoms with Crippen molar-refractivity contribution >= 4 is 11.8 Å². The Morgan fingerprint density at radius 1 is 1.42 bits per heavy atom. The highest BCUT2D eigenvalue weighted by atomic mass is 32.2. The fraction of sp³-hybridized carbons (Fsp3) is 0.625. The second-order valence-corrected chi connectivity index (χ2v) is 6.55. The third kappa shape index (κ3) is 4.51.